The molecule has 4 nitrogen and oxygen atoms in total. The third-order valence-corrected chi connectivity index (χ3v) is 2.96. The molecular weight excluding hydrogens is 216 g/mol. The van der Waals surface area contributed by atoms with Crippen molar-refractivity contribution in [2.24, 2.45) is 0 Å². The molecule has 2 N–H and O–H groups in total. The summed E-state index contributed by atoms with van der Waals surface area (Å²) in [5.41, 5.74) is 5.39. The van der Waals surface area contributed by atoms with Gasteiger partial charge in [-0.15, -0.1) is 0 Å². The highest BCUT2D eigenvalue weighted by molar-refractivity contribution is 5.33. The van der Waals surface area contributed by atoms with Gasteiger partial charge in [0.15, 0.2) is 0 Å². The minimum Gasteiger partial charge on any atom is -0.384 e. The van der Waals surface area contributed by atoms with Crippen LogP contribution in [0.3, 0.4) is 0 Å². The van der Waals surface area contributed by atoms with Crippen LogP contribution in [0.15, 0.2) is 6.07 Å². The van der Waals surface area contributed by atoms with E-state index in [-0.39, 0.29) is 23.7 Å². The summed E-state index contributed by atoms with van der Waals surface area (Å²) in [6.45, 7) is 0.817. The maximum atomic E-state index is 13.0. The third kappa shape index (κ3) is 1.89. The van der Waals surface area contributed by atoms with Crippen LogP contribution >= 0.6 is 0 Å². The number of halogens is 2. The number of nitrogens with zero attached hydrogens (tertiary/aromatic N) is 2. The molecule has 1 aromatic heterocycles. The molecule has 0 spiro atoms. The Morgan fingerprint density at radius 2 is 2.19 bits per heavy atom. The van der Waals surface area contributed by atoms with Gasteiger partial charge >= 0.3 is 0 Å². The predicted molar refractivity (Wildman–Crippen MR) is 55.3 cm³/mol. The first kappa shape index (κ1) is 11.3. The second kappa shape index (κ2) is 3.69. The average Bonchev–Trinajstić information content (AvgIpc) is 2.46. The molecule has 0 unspecified atom stereocenters. The summed E-state index contributed by atoms with van der Waals surface area (Å²) in [6.07, 6.45) is 1.74. The van der Waals surface area contributed by atoms with E-state index in [1.54, 1.807) is 7.11 Å². The van der Waals surface area contributed by atoms with Crippen LogP contribution in [0.4, 0.5) is 14.6 Å². The zero-order valence-electron chi connectivity index (χ0n) is 9.28. The maximum absolute atomic E-state index is 13.0. The van der Waals surface area contributed by atoms with Crippen LogP contribution in [0, 0.1) is 0 Å². The number of hydrogen-bond donors (Lipinski definition) is 1. The third-order valence-electron chi connectivity index (χ3n) is 2.96. The predicted octanol–water partition coefficient (Wildman–Crippen LogP) is 1.93. The van der Waals surface area contributed by atoms with Crippen molar-refractivity contribution in [3.63, 3.8) is 0 Å². The molecule has 1 aliphatic rings. The highest BCUT2D eigenvalue weighted by Crippen LogP contribution is 2.37. The molecule has 1 fully saturated rings. The molecule has 1 aliphatic carbocycles. The van der Waals surface area contributed by atoms with Gasteiger partial charge in [0, 0.05) is 20.1 Å². The molecule has 0 bridgehead atoms. The smallest absolute Gasteiger partial charge is 0.288 e. The average molecular weight is 231 g/mol. The fourth-order valence-corrected chi connectivity index (χ4v) is 1.85. The summed E-state index contributed by atoms with van der Waals surface area (Å²) >= 11 is 0. The Morgan fingerprint density at radius 1 is 1.56 bits per heavy atom. The van der Waals surface area contributed by atoms with Crippen molar-refractivity contribution in [3.05, 3.63) is 11.8 Å². The van der Waals surface area contributed by atoms with E-state index < -0.39 is 5.92 Å². The lowest BCUT2D eigenvalue weighted by atomic mass is 9.89. The first-order valence-corrected chi connectivity index (χ1v) is 5.18. The highest BCUT2D eigenvalue weighted by atomic mass is 19.3. The lowest BCUT2D eigenvalue weighted by Crippen LogP contribution is -2.33. The van der Waals surface area contributed by atoms with Crippen molar-refractivity contribution in [1.82, 2.24) is 9.78 Å². The number of hydrogen-bond acceptors (Lipinski definition) is 3. The molecule has 0 radical (unpaired) electrons. The molecule has 2 rings (SSSR count). The van der Waals surface area contributed by atoms with Crippen molar-refractivity contribution in [2.45, 2.75) is 37.8 Å². The molecule has 6 heteroatoms. The van der Waals surface area contributed by atoms with Crippen LogP contribution < -0.4 is 5.73 Å². The van der Waals surface area contributed by atoms with E-state index in [2.05, 4.69) is 5.10 Å². The van der Waals surface area contributed by atoms with Gasteiger partial charge in [0.1, 0.15) is 11.5 Å². The van der Waals surface area contributed by atoms with Crippen LogP contribution in [-0.2, 0) is 10.7 Å². The molecule has 0 amide bonds. The normalized spacial score (nSPS) is 25.5. The Hall–Kier alpha value is -1.17. The van der Waals surface area contributed by atoms with Gasteiger partial charge in [0.25, 0.3) is 5.92 Å². The van der Waals surface area contributed by atoms with Crippen molar-refractivity contribution in [3.8, 4) is 0 Å². The Balaban J connectivity index is 2.14. The number of anilines is 1. The Kier molecular flexibility index (Phi) is 2.61. The van der Waals surface area contributed by atoms with Gasteiger partial charge in [-0.1, -0.05) is 0 Å². The number of nitrogen functional groups attached to an aromatic ring is 1. The second-order valence-corrected chi connectivity index (χ2v) is 4.27. The van der Waals surface area contributed by atoms with E-state index in [9.17, 15) is 8.78 Å². The minimum atomic E-state index is -2.94. The SMILES string of the molecule is CO[C@H]1C[C@H](n2nc(C(C)(F)F)cc2N)C1. The molecule has 1 aromatic rings. The summed E-state index contributed by atoms with van der Waals surface area (Å²) in [4.78, 5) is 0. The molecule has 1 heterocycles. The second-order valence-electron chi connectivity index (χ2n) is 4.27. The number of aromatic nitrogens is 2. The molecule has 16 heavy (non-hydrogen) atoms. The van der Waals surface area contributed by atoms with E-state index >= 15 is 0 Å². The zero-order chi connectivity index (χ0) is 11.9. The van der Waals surface area contributed by atoms with Crippen molar-refractivity contribution in [1.29, 1.82) is 0 Å². The fraction of sp³-hybridized carbons (Fsp3) is 0.700. The number of rotatable bonds is 3. The Labute approximate surface area is 92.4 Å². The van der Waals surface area contributed by atoms with E-state index in [4.69, 9.17) is 10.5 Å². The standard InChI is InChI=1S/C10H15F2N3O/c1-10(11,12)8-5-9(13)15(14-8)6-3-7(4-6)16-2/h5-7H,3-4,13H2,1-2H3/t6-,7-. The Bertz CT molecular complexity index is 380. The van der Waals surface area contributed by atoms with E-state index in [1.165, 1.54) is 10.7 Å². The largest absolute Gasteiger partial charge is 0.384 e. The lowest BCUT2D eigenvalue weighted by molar-refractivity contribution is -0.00214. The summed E-state index contributed by atoms with van der Waals surface area (Å²) < 4.78 is 32.6. The quantitative estimate of drug-likeness (QED) is 0.864. The Morgan fingerprint density at radius 3 is 2.62 bits per heavy atom. The lowest BCUT2D eigenvalue weighted by Gasteiger charge is -2.34. The van der Waals surface area contributed by atoms with Gasteiger partial charge in [-0.05, 0) is 12.8 Å². The summed E-state index contributed by atoms with van der Waals surface area (Å²) in [5, 5.41) is 3.86. The molecule has 1 saturated carbocycles. The van der Waals surface area contributed by atoms with E-state index in [0.717, 1.165) is 19.8 Å². The van der Waals surface area contributed by atoms with Crippen LogP contribution in [0.5, 0.6) is 0 Å². The number of ether oxygens (including phenoxy) is 1. The van der Waals surface area contributed by atoms with Gasteiger partial charge in [-0.2, -0.15) is 13.9 Å². The van der Waals surface area contributed by atoms with Gasteiger partial charge in [-0.25, -0.2) is 4.68 Å². The number of methoxy groups -OCH3 is 1. The van der Waals surface area contributed by atoms with Gasteiger partial charge in [0.05, 0.1) is 12.1 Å². The van der Waals surface area contributed by atoms with Crippen molar-refractivity contribution >= 4 is 5.82 Å². The molecule has 90 valence electrons. The number of nitrogens with two attached hydrogens (primary N) is 1. The molecule has 0 aliphatic heterocycles. The minimum absolute atomic E-state index is 0.0843. The van der Waals surface area contributed by atoms with Crippen molar-refractivity contribution in [2.75, 3.05) is 12.8 Å². The highest BCUT2D eigenvalue weighted by Gasteiger charge is 2.35. The van der Waals surface area contributed by atoms with Crippen LogP contribution in [0.2, 0.25) is 0 Å². The summed E-state index contributed by atoms with van der Waals surface area (Å²) in [5.74, 6) is -2.65. The molecule has 0 aromatic carbocycles. The molecular formula is C10H15F2N3O. The first-order valence-electron chi connectivity index (χ1n) is 5.18. The summed E-state index contributed by atoms with van der Waals surface area (Å²) in [7, 11) is 1.64. The van der Waals surface area contributed by atoms with Crippen LogP contribution in [0.25, 0.3) is 0 Å². The molecule has 0 atom stereocenters. The fourth-order valence-electron chi connectivity index (χ4n) is 1.85. The van der Waals surface area contributed by atoms with Crippen molar-refractivity contribution < 1.29 is 13.5 Å². The van der Waals surface area contributed by atoms with E-state index in [0.29, 0.717) is 0 Å². The first-order chi connectivity index (χ1) is 7.41. The zero-order valence-corrected chi connectivity index (χ0v) is 9.28. The van der Waals surface area contributed by atoms with E-state index in [1.807, 2.05) is 0 Å². The summed E-state index contributed by atoms with van der Waals surface area (Å²) in [6, 6.07) is 1.32. The monoisotopic (exact) mass is 231 g/mol. The number of alkyl halides is 2. The van der Waals surface area contributed by atoms with Crippen LogP contribution in [-0.4, -0.2) is 23.0 Å². The van der Waals surface area contributed by atoms with Gasteiger partial charge in [-0.3, -0.25) is 0 Å². The topological polar surface area (TPSA) is 53.1 Å². The molecule has 0 saturated heterocycles. The van der Waals surface area contributed by atoms with Gasteiger partial charge < -0.3 is 10.5 Å². The van der Waals surface area contributed by atoms with Gasteiger partial charge in [0.2, 0.25) is 0 Å². The maximum Gasteiger partial charge on any atom is 0.288 e. The van der Waals surface area contributed by atoms with Crippen LogP contribution in [0.1, 0.15) is 31.5 Å².